The molecule has 0 aliphatic carbocycles. The Bertz CT molecular complexity index is 558. The van der Waals surface area contributed by atoms with Crippen LogP contribution in [0.5, 0.6) is 0 Å². The zero-order valence-electron chi connectivity index (χ0n) is 12.4. The molecule has 3 nitrogen and oxygen atoms in total. The molecular formula is C16H22BrN3. The molecule has 0 radical (unpaired) electrons. The molecule has 1 heterocycles. The molecule has 1 aromatic carbocycles. The molecule has 0 aliphatic heterocycles. The summed E-state index contributed by atoms with van der Waals surface area (Å²) in [7, 11) is 0. The highest BCUT2D eigenvalue weighted by Crippen LogP contribution is 2.16. The van der Waals surface area contributed by atoms with Crippen molar-refractivity contribution in [3.8, 4) is 0 Å². The average molecular weight is 336 g/mol. The summed E-state index contributed by atoms with van der Waals surface area (Å²) < 4.78 is 3.22. The Morgan fingerprint density at radius 1 is 1.20 bits per heavy atom. The molecule has 20 heavy (non-hydrogen) atoms. The van der Waals surface area contributed by atoms with Crippen LogP contribution in [0.15, 0.2) is 28.7 Å². The fraction of sp³-hybridized carbons (Fsp3) is 0.438. The fourth-order valence-corrected chi connectivity index (χ4v) is 2.67. The third-order valence-corrected chi connectivity index (χ3v) is 4.11. The fourth-order valence-electron chi connectivity index (χ4n) is 2.40. The molecular weight excluding hydrogens is 314 g/mol. The van der Waals surface area contributed by atoms with Gasteiger partial charge in [0.05, 0.1) is 12.2 Å². The van der Waals surface area contributed by atoms with Gasteiger partial charge < -0.3 is 5.32 Å². The van der Waals surface area contributed by atoms with E-state index in [0.29, 0.717) is 0 Å². The molecule has 0 atom stereocenters. The van der Waals surface area contributed by atoms with Crippen LogP contribution >= 0.6 is 15.9 Å². The van der Waals surface area contributed by atoms with E-state index in [2.05, 4.69) is 76.1 Å². The maximum absolute atomic E-state index is 4.68. The number of rotatable bonds is 6. The number of likely N-dealkylation sites (N-methyl/N-ethyl adjacent to an activating group) is 1. The van der Waals surface area contributed by atoms with Crippen molar-refractivity contribution in [2.24, 2.45) is 0 Å². The van der Waals surface area contributed by atoms with Crippen molar-refractivity contribution >= 4 is 15.9 Å². The van der Waals surface area contributed by atoms with E-state index in [1.54, 1.807) is 0 Å². The van der Waals surface area contributed by atoms with Crippen molar-refractivity contribution in [1.82, 2.24) is 15.1 Å². The predicted octanol–water partition coefficient (Wildman–Crippen LogP) is 3.46. The van der Waals surface area contributed by atoms with Crippen molar-refractivity contribution in [3.05, 3.63) is 51.3 Å². The molecule has 0 spiro atoms. The van der Waals surface area contributed by atoms with Gasteiger partial charge in [0, 0.05) is 10.2 Å². The third-order valence-electron chi connectivity index (χ3n) is 3.58. The van der Waals surface area contributed by atoms with Crippen LogP contribution in [0.2, 0.25) is 0 Å². The van der Waals surface area contributed by atoms with E-state index < -0.39 is 0 Å². The third kappa shape index (κ3) is 3.70. The molecule has 4 heteroatoms. The summed E-state index contributed by atoms with van der Waals surface area (Å²) in [6, 6.07) is 8.43. The van der Waals surface area contributed by atoms with Crippen molar-refractivity contribution in [1.29, 1.82) is 0 Å². The quantitative estimate of drug-likeness (QED) is 0.819. The zero-order valence-corrected chi connectivity index (χ0v) is 14.0. The first kappa shape index (κ1) is 15.3. The Morgan fingerprint density at radius 2 is 1.90 bits per heavy atom. The van der Waals surface area contributed by atoms with Crippen LogP contribution in [-0.4, -0.2) is 22.9 Å². The highest BCUT2D eigenvalue weighted by atomic mass is 79.9. The predicted molar refractivity (Wildman–Crippen MR) is 87.2 cm³/mol. The molecule has 0 unspecified atom stereocenters. The van der Waals surface area contributed by atoms with E-state index in [-0.39, 0.29) is 0 Å². The summed E-state index contributed by atoms with van der Waals surface area (Å²) in [6.45, 7) is 9.28. The summed E-state index contributed by atoms with van der Waals surface area (Å²) >= 11 is 3.47. The summed E-state index contributed by atoms with van der Waals surface area (Å²) in [5.41, 5.74) is 5.08. The van der Waals surface area contributed by atoms with Crippen molar-refractivity contribution < 1.29 is 0 Å². The van der Waals surface area contributed by atoms with Crippen LogP contribution in [-0.2, 0) is 13.0 Å². The van der Waals surface area contributed by atoms with Gasteiger partial charge in [-0.25, -0.2) is 0 Å². The zero-order chi connectivity index (χ0) is 14.5. The number of nitrogens with zero attached hydrogens (tertiary/aromatic N) is 2. The first-order valence-corrected chi connectivity index (χ1v) is 7.89. The molecule has 0 aliphatic rings. The van der Waals surface area contributed by atoms with Crippen molar-refractivity contribution in [2.75, 3.05) is 13.1 Å². The lowest BCUT2D eigenvalue weighted by Gasteiger charge is -2.06. The maximum atomic E-state index is 4.68. The second kappa shape index (κ2) is 7.04. The van der Waals surface area contributed by atoms with Gasteiger partial charge in [0.1, 0.15) is 0 Å². The van der Waals surface area contributed by atoms with Crippen molar-refractivity contribution in [3.63, 3.8) is 0 Å². The van der Waals surface area contributed by atoms with Gasteiger partial charge >= 0.3 is 0 Å². The van der Waals surface area contributed by atoms with Gasteiger partial charge in [-0.05, 0) is 56.6 Å². The lowest BCUT2D eigenvalue weighted by Crippen LogP contribution is -2.16. The molecule has 0 saturated heterocycles. The van der Waals surface area contributed by atoms with Crippen LogP contribution in [0.4, 0.5) is 0 Å². The largest absolute Gasteiger partial charge is 0.317 e. The Balaban J connectivity index is 2.12. The van der Waals surface area contributed by atoms with E-state index in [1.165, 1.54) is 16.8 Å². The lowest BCUT2D eigenvalue weighted by atomic mass is 10.1. The Hall–Kier alpha value is -1.13. The first-order chi connectivity index (χ1) is 9.61. The molecule has 1 N–H and O–H groups in total. The summed E-state index contributed by atoms with van der Waals surface area (Å²) in [5.74, 6) is 0. The molecule has 2 rings (SSSR count). The van der Waals surface area contributed by atoms with E-state index in [1.807, 2.05) is 0 Å². The minimum atomic E-state index is 0.834. The number of aromatic nitrogens is 2. The van der Waals surface area contributed by atoms with Gasteiger partial charge in [-0.3, -0.25) is 4.68 Å². The average Bonchev–Trinajstić information content (AvgIpc) is 2.69. The molecule has 1 aromatic heterocycles. The molecule has 0 amide bonds. The lowest BCUT2D eigenvalue weighted by molar-refractivity contribution is 0.656. The number of halogens is 1. The number of benzene rings is 1. The van der Waals surface area contributed by atoms with Crippen LogP contribution in [0.3, 0.4) is 0 Å². The van der Waals surface area contributed by atoms with E-state index in [9.17, 15) is 0 Å². The number of hydrogen-bond donors (Lipinski definition) is 1. The molecule has 0 saturated carbocycles. The Kier molecular flexibility index (Phi) is 5.38. The molecule has 2 aromatic rings. The Labute approximate surface area is 129 Å². The van der Waals surface area contributed by atoms with Gasteiger partial charge in [0.15, 0.2) is 0 Å². The normalized spacial score (nSPS) is 11.0. The van der Waals surface area contributed by atoms with E-state index in [4.69, 9.17) is 0 Å². The second-order valence-corrected chi connectivity index (χ2v) is 5.95. The first-order valence-electron chi connectivity index (χ1n) is 7.10. The highest BCUT2D eigenvalue weighted by molar-refractivity contribution is 9.10. The maximum Gasteiger partial charge on any atom is 0.0662 e. The number of aryl methyl sites for hydroxylation is 1. The number of hydrogen-bond acceptors (Lipinski definition) is 2. The van der Waals surface area contributed by atoms with Gasteiger partial charge in [-0.15, -0.1) is 0 Å². The molecule has 108 valence electrons. The molecule has 0 bridgehead atoms. The topological polar surface area (TPSA) is 29.9 Å². The monoisotopic (exact) mass is 335 g/mol. The summed E-state index contributed by atoms with van der Waals surface area (Å²) in [4.78, 5) is 0. The van der Waals surface area contributed by atoms with Crippen molar-refractivity contribution in [2.45, 2.75) is 33.7 Å². The highest BCUT2D eigenvalue weighted by Gasteiger charge is 2.11. The SMILES string of the molecule is CCNCCc1c(C)nn(Cc2ccc(Br)cc2)c1C. The van der Waals surface area contributed by atoms with Crippen LogP contribution in [0, 0.1) is 13.8 Å². The smallest absolute Gasteiger partial charge is 0.0662 e. The van der Waals surface area contributed by atoms with E-state index >= 15 is 0 Å². The van der Waals surface area contributed by atoms with Crippen LogP contribution < -0.4 is 5.32 Å². The van der Waals surface area contributed by atoms with Gasteiger partial charge in [0.2, 0.25) is 0 Å². The molecule has 0 fully saturated rings. The minimum Gasteiger partial charge on any atom is -0.317 e. The van der Waals surface area contributed by atoms with Gasteiger partial charge in [-0.1, -0.05) is 35.0 Å². The standard InChI is InChI=1S/C16H22BrN3/c1-4-18-10-9-16-12(2)19-20(13(16)3)11-14-5-7-15(17)8-6-14/h5-8,18H,4,9-11H2,1-3H3. The van der Waals surface area contributed by atoms with Crippen LogP contribution in [0.25, 0.3) is 0 Å². The van der Waals surface area contributed by atoms with E-state index in [0.717, 1.165) is 36.2 Å². The van der Waals surface area contributed by atoms with Crippen LogP contribution in [0.1, 0.15) is 29.4 Å². The Morgan fingerprint density at radius 3 is 2.55 bits per heavy atom. The minimum absolute atomic E-state index is 0.834. The van der Waals surface area contributed by atoms with Gasteiger partial charge in [0.25, 0.3) is 0 Å². The summed E-state index contributed by atoms with van der Waals surface area (Å²) in [6.07, 6.45) is 1.05. The van der Waals surface area contributed by atoms with Gasteiger partial charge in [-0.2, -0.15) is 5.10 Å². The summed E-state index contributed by atoms with van der Waals surface area (Å²) in [5, 5.41) is 8.06. The second-order valence-electron chi connectivity index (χ2n) is 5.04. The number of nitrogens with one attached hydrogen (secondary N) is 1.